The summed E-state index contributed by atoms with van der Waals surface area (Å²) in [6, 6.07) is 8.02. The van der Waals surface area contributed by atoms with Gasteiger partial charge in [0.15, 0.2) is 5.65 Å². The maximum atomic E-state index is 5.71. The summed E-state index contributed by atoms with van der Waals surface area (Å²) in [6.07, 6.45) is 0. The molecule has 0 unspecified atom stereocenters. The molecule has 16 heavy (non-hydrogen) atoms. The summed E-state index contributed by atoms with van der Waals surface area (Å²) >= 11 is 0. The van der Waals surface area contributed by atoms with Crippen LogP contribution in [0.15, 0.2) is 24.3 Å². The van der Waals surface area contributed by atoms with Gasteiger partial charge in [-0.15, -0.1) is 10.2 Å². The van der Waals surface area contributed by atoms with Gasteiger partial charge < -0.3 is 10.5 Å². The number of anilines is 1. The molecule has 0 saturated carbocycles. The van der Waals surface area contributed by atoms with Crippen molar-refractivity contribution >= 4 is 22.5 Å². The van der Waals surface area contributed by atoms with Crippen LogP contribution in [0.2, 0.25) is 0 Å². The molecule has 1 aromatic carbocycles. The molecule has 0 aliphatic carbocycles. The highest BCUT2D eigenvalue weighted by atomic mass is 16.5. The summed E-state index contributed by atoms with van der Waals surface area (Å²) in [5.74, 6) is 0.269. The predicted octanol–water partition coefficient (Wildman–Crippen LogP) is 0.868. The van der Waals surface area contributed by atoms with Crippen LogP contribution < -0.4 is 10.5 Å². The molecule has 3 rings (SSSR count). The van der Waals surface area contributed by atoms with Crippen LogP contribution in [0.4, 0.5) is 5.95 Å². The second kappa shape index (κ2) is 3.06. The lowest BCUT2D eigenvalue weighted by molar-refractivity contribution is 0.376. The minimum absolute atomic E-state index is 0.269. The Morgan fingerprint density at radius 2 is 2.06 bits per heavy atom. The monoisotopic (exact) mass is 215 g/mol. The number of nitrogens with zero attached hydrogens (tertiary/aromatic N) is 4. The smallest absolute Gasteiger partial charge is 0.305 e. The molecule has 0 radical (unpaired) electrons. The third kappa shape index (κ3) is 1.04. The number of methoxy groups -OCH3 is 1. The third-order valence-corrected chi connectivity index (χ3v) is 2.42. The van der Waals surface area contributed by atoms with Crippen molar-refractivity contribution in [3.8, 4) is 6.01 Å². The van der Waals surface area contributed by atoms with E-state index >= 15 is 0 Å². The van der Waals surface area contributed by atoms with Crippen molar-refractivity contribution in [1.29, 1.82) is 0 Å². The van der Waals surface area contributed by atoms with Gasteiger partial charge in [0.2, 0.25) is 5.95 Å². The van der Waals surface area contributed by atoms with Crippen LogP contribution in [0, 0.1) is 0 Å². The molecule has 0 atom stereocenters. The minimum Gasteiger partial charge on any atom is -0.468 e. The van der Waals surface area contributed by atoms with E-state index in [4.69, 9.17) is 10.5 Å². The Bertz CT molecular complexity index is 675. The maximum absolute atomic E-state index is 5.71. The summed E-state index contributed by atoms with van der Waals surface area (Å²) in [6.45, 7) is 0. The van der Waals surface area contributed by atoms with E-state index in [-0.39, 0.29) is 5.95 Å². The van der Waals surface area contributed by atoms with Gasteiger partial charge in [0.25, 0.3) is 0 Å². The summed E-state index contributed by atoms with van der Waals surface area (Å²) in [7, 11) is 1.54. The number of nitrogen functional groups attached to an aromatic ring is 1. The molecule has 80 valence electrons. The van der Waals surface area contributed by atoms with Crippen LogP contribution in [0.25, 0.3) is 16.6 Å². The molecule has 0 spiro atoms. The number of hydrogen-bond acceptors (Lipinski definition) is 5. The van der Waals surface area contributed by atoms with E-state index in [0.29, 0.717) is 11.7 Å². The lowest BCUT2D eigenvalue weighted by Crippen LogP contribution is -2.02. The van der Waals surface area contributed by atoms with E-state index in [9.17, 15) is 0 Å². The largest absolute Gasteiger partial charge is 0.468 e. The average Bonchev–Trinajstić information content (AvgIpc) is 2.71. The number of fused-ring (bicyclic) bond motifs is 3. The lowest BCUT2D eigenvalue weighted by atomic mass is 10.2. The zero-order valence-electron chi connectivity index (χ0n) is 8.58. The van der Waals surface area contributed by atoms with E-state index < -0.39 is 0 Å². The molecule has 0 amide bonds. The van der Waals surface area contributed by atoms with Crippen molar-refractivity contribution < 1.29 is 4.74 Å². The molecule has 2 heterocycles. The average molecular weight is 215 g/mol. The van der Waals surface area contributed by atoms with Gasteiger partial charge in [0.1, 0.15) is 0 Å². The second-order valence-corrected chi connectivity index (χ2v) is 3.33. The highest BCUT2D eigenvalue weighted by molar-refractivity contribution is 5.91. The molecule has 0 bridgehead atoms. The van der Waals surface area contributed by atoms with Gasteiger partial charge in [-0.05, 0) is 12.1 Å². The number of hydrogen-bond donors (Lipinski definition) is 1. The van der Waals surface area contributed by atoms with Gasteiger partial charge in [-0.25, -0.2) is 4.40 Å². The maximum Gasteiger partial charge on any atom is 0.305 e. The molecular formula is C10H9N5O. The molecule has 0 aliphatic rings. The Balaban J connectivity index is 2.58. The Morgan fingerprint density at radius 3 is 2.88 bits per heavy atom. The topological polar surface area (TPSA) is 78.3 Å². The molecule has 2 N–H and O–H groups in total. The van der Waals surface area contributed by atoms with Crippen LogP contribution in [0.3, 0.4) is 0 Å². The van der Waals surface area contributed by atoms with Crippen molar-refractivity contribution in [1.82, 2.24) is 19.6 Å². The highest BCUT2D eigenvalue weighted by Gasteiger charge is 2.12. The Hall–Kier alpha value is -2.37. The van der Waals surface area contributed by atoms with Crippen LogP contribution >= 0.6 is 0 Å². The van der Waals surface area contributed by atoms with Gasteiger partial charge >= 0.3 is 6.01 Å². The van der Waals surface area contributed by atoms with E-state index in [1.807, 2.05) is 24.3 Å². The summed E-state index contributed by atoms with van der Waals surface area (Å²) in [4.78, 5) is 4.34. The van der Waals surface area contributed by atoms with E-state index in [1.165, 1.54) is 7.11 Å². The van der Waals surface area contributed by atoms with E-state index in [1.54, 1.807) is 4.40 Å². The number of aromatic nitrogens is 4. The van der Waals surface area contributed by atoms with Gasteiger partial charge in [-0.2, -0.15) is 4.98 Å². The Kier molecular flexibility index (Phi) is 1.70. The van der Waals surface area contributed by atoms with E-state index in [0.717, 1.165) is 10.9 Å². The highest BCUT2D eigenvalue weighted by Crippen LogP contribution is 2.23. The summed E-state index contributed by atoms with van der Waals surface area (Å²) < 4.78 is 6.75. The summed E-state index contributed by atoms with van der Waals surface area (Å²) in [5.41, 5.74) is 7.17. The van der Waals surface area contributed by atoms with Crippen molar-refractivity contribution in [3.05, 3.63) is 24.3 Å². The molecule has 0 saturated heterocycles. The van der Waals surface area contributed by atoms with Crippen molar-refractivity contribution in [2.75, 3.05) is 12.8 Å². The summed E-state index contributed by atoms with van der Waals surface area (Å²) in [5, 5.41) is 8.74. The van der Waals surface area contributed by atoms with Crippen molar-refractivity contribution in [3.63, 3.8) is 0 Å². The minimum atomic E-state index is 0.269. The fourth-order valence-corrected chi connectivity index (χ4v) is 1.71. The number of ether oxygens (including phenoxy) is 1. The molecule has 0 aliphatic heterocycles. The zero-order chi connectivity index (χ0) is 11.1. The van der Waals surface area contributed by atoms with Gasteiger partial charge in [0.05, 0.1) is 12.6 Å². The Labute approximate surface area is 90.7 Å². The third-order valence-electron chi connectivity index (χ3n) is 2.42. The van der Waals surface area contributed by atoms with Gasteiger partial charge in [-0.3, -0.25) is 0 Å². The van der Waals surface area contributed by atoms with Crippen LogP contribution in [-0.4, -0.2) is 26.7 Å². The first-order chi connectivity index (χ1) is 7.81. The Morgan fingerprint density at radius 1 is 1.25 bits per heavy atom. The van der Waals surface area contributed by atoms with Crippen LogP contribution in [-0.2, 0) is 0 Å². The number of nitrogens with two attached hydrogens (primary N) is 1. The number of benzene rings is 1. The predicted molar refractivity (Wildman–Crippen MR) is 59.3 cm³/mol. The molecule has 6 heteroatoms. The van der Waals surface area contributed by atoms with Crippen molar-refractivity contribution in [2.24, 2.45) is 0 Å². The van der Waals surface area contributed by atoms with Crippen LogP contribution in [0.1, 0.15) is 0 Å². The first-order valence-corrected chi connectivity index (χ1v) is 4.74. The lowest BCUT2D eigenvalue weighted by Gasteiger charge is -2.05. The molecule has 0 fully saturated rings. The standard InChI is InChI=1S/C10H9N5O/c1-16-10-12-7-5-3-2-4-6(7)8-13-14-9(11)15(8)10/h2-5H,1H3,(H2,11,14). The first-order valence-electron chi connectivity index (χ1n) is 4.74. The molecule has 2 aromatic heterocycles. The molecule has 6 nitrogen and oxygen atoms in total. The molecular weight excluding hydrogens is 206 g/mol. The SMILES string of the molecule is COc1nc2ccccc2c2nnc(N)n12. The number of para-hydroxylation sites is 1. The van der Waals surface area contributed by atoms with E-state index in [2.05, 4.69) is 15.2 Å². The van der Waals surface area contributed by atoms with Crippen LogP contribution in [0.5, 0.6) is 6.01 Å². The van der Waals surface area contributed by atoms with Gasteiger partial charge in [0, 0.05) is 5.39 Å². The van der Waals surface area contributed by atoms with Crippen molar-refractivity contribution in [2.45, 2.75) is 0 Å². The number of rotatable bonds is 1. The first kappa shape index (κ1) is 8.90. The fraction of sp³-hybridized carbons (Fsp3) is 0.100. The zero-order valence-corrected chi connectivity index (χ0v) is 8.58. The fourth-order valence-electron chi connectivity index (χ4n) is 1.71. The quantitative estimate of drug-likeness (QED) is 0.651. The molecule has 3 aromatic rings. The second-order valence-electron chi connectivity index (χ2n) is 3.33. The normalized spacial score (nSPS) is 11.1. The van der Waals surface area contributed by atoms with Gasteiger partial charge in [-0.1, -0.05) is 12.1 Å².